The molecule has 0 radical (unpaired) electrons. The summed E-state index contributed by atoms with van der Waals surface area (Å²) in [6.07, 6.45) is 2.86. The van der Waals surface area contributed by atoms with Crippen LogP contribution in [0.2, 0.25) is 0 Å². The van der Waals surface area contributed by atoms with Gasteiger partial charge in [-0.05, 0) is 44.0 Å². The van der Waals surface area contributed by atoms with Crippen LogP contribution in [0.5, 0.6) is 5.75 Å². The number of benzene rings is 2. The first kappa shape index (κ1) is 28.5. The monoisotopic (exact) mass is 516 g/mol. The van der Waals surface area contributed by atoms with Crippen molar-refractivity contribution in [3.05, 3.63) is 71.2 Å². The van der Waals surface area contributed by atoms with E-state index < -0.39 is 5.97 Å². The minimum atomic E-state index is -0.530. The lowest BCUT2D eigenvalue weighted by atomic mass is 9.96. The van der Waals surface area contributed by atoms with Crippen LogP contribution in [-0.4, -0.2) is 40.6 Å². The van der Waals surface area contributed by atoms with E-state index in [0.717, 1.165) is 22.6 Å². The minimum Gasteiger partial charge on any atom is -0.490 e. The molecule has 0 aliphatic heterocycles. The standard InChI is InChI=1S/C30H36N4O4/c1-19(2)38-27-12-11-23(16-24(27)17-31)28(36)37-14-13-25(33-20(3)35)15-21-7-9-22(10-8-21)26-18-32-29(34-26)30(4,5)6/h7-12,16,18-19,25H,13-15H2,1-6H3,(H,32,34)(H,33,35)/t25-/m0/s1. The minimum absolute atomic E-state index is 0.0587. The van der Waals surface area contributed by atoms with Crippen molar-refractivity contribution in [2.75, 3.05) is 6.61 Å². The maximum atomic E-state index is 12.6. The molecule has 38 heavy (non-hydrogen) atoms. The highest BCUT2D eigenvalue weighted by Gasteiger charge is 2.19. The number of hydrogen-bond donors (Lipinski definition) is 2. The van der Waals surface area contributed by atoms with E-state index in [2.05, 4.69) is 37.1 Å². The van der Waals surface area contributed by atoms with Crippen LogP contribution < -0.4 is 10.1 Å². The van der Waals surface area contributed by atoms with E-state index >= 15 is 0 Å². The highest BCUT2D eigenvalue weighted by Crippen LogP contribution is 2.24. The maximum absolute atomic E-state index is 12.6. The van der Waals surface area contributed by atoms with Crippen molar-refractivity contribution in [3.8, 4) is 23.1 Å². The molecule has 0 aliphatic rings. The van der Waals surface area contributed by atoms with Crippen molar-refractivity contribution in [2.24, 2.45) is 0 Å². The quantitative estimate of drug-likeness (QED) is 0.352. The average molecular weight is 517 g/mol. The Balaban J connectivity index is 1.60. The molecule has 0 unspecified atom stereocenters. The summed E-state index contributed by atoms with van der Waals surface area (Å²) in [5.74, 6) is 0.680. The fourth-order valence-corrected chi connectivity index (χ4v) is 3.94. The zero-order valence-electron chi connectivity index (χ0n) is 22.9. The summed E-state index contributed by atoms with van der Waals surface area (Å²) in [4.78, 5) is 32.3. The van der Waals surface area contributed by atoms with E-state index in [1.165, 1.54) is 13.0 Å². The van der Waals surface area contributed by atoms with Gasteiger partial charge in [-0.1, -0.05) is 45.0 Å². The molecule has 0 aliphatic carbocycles. The van der Waals surface area contributed by atoms with Crippen LogP contribution in [0.1, 0.15) is 75.3 Å². The molecule has 2 N–H and O–H groups in total. The molecule has 0 spiro atoms. The van der Waals surface area contributed by atoms with Gasteiger partial charge >= 0.3 is 5.97 Å². The number of esters is 1. The zero-order valence-corrected chi connectivity index (χ0v) is 22.9. The molecule has 8 heteroatoms. The molecular formula is C30H36N4O4. The molecule has 2 aromatic carbocycles. The Hall–Kier alpha value is -4.12. The number of nitriles is 1. The number of hydrogen-bond acceptors (Lipinski definition) is 6. The van der Waals surface area contributed by atoms with E-state index in [4.69, 9.17) is 14.5 Å². The third-order valence-corrected chi connectivity index (χ3v) is 5.83. The normalized spacial score (nSPS) is 12.1. The highest BCUT2D eigenvalue weighted by molar-refractivity contribution is 5.90. The van der Waals surface area contributed by atoms with Crippen molar-refractivity contribution in [3.63, 3.8) is 0 Å². The predicted molar refractivity (Wildman–Crippen MR) is 146 cm³/mol. The zero-order chi connectivity index (χ0) is 27.9. The topological polar surface area (TPSA) is 117 Å². The number of aromatic nitrogens is 2. The van der Waals surface area contributed by atoms with Gasteiger partial charge in [-0.3, -0.25) is 4.79 Å². The van der Waals surface area contributed by atoms with E-state index in [0.29, 0.717) is 18.6 Å². The molecule has 1 aromatic heterocycles. The highest BCUT2D eigenvalue weighted by atomic mass is 16.5. The number of aromatic amines is 1. The predicted octanol–water partition coefficient (Wildman–Crippen LogP) is 5.33. The van der Waals surface area contributed by atoms with Crippen LogP contribution in [0, 0.1) is 11.3 Å². The fourth-order valence-electron chi connectivity index (χ4n) is 3.94. The Labute approximate surface area is 224 Å². The number of H-pyrrole nitrogens is 1. The number of carbonyl (C=O) groups excluding carboxylic acids is 2. The summed E-state index contributed by atoms with van der Waals surface area (Å²) in [6.45, 7) is 11.7. The summed E-state index contributed by atoms with van der Waals surface area (Å²) >= 11 is 0. The van der Waals surface area contributed by atoms with Gasteiger partial charge in [0, 0.05) is 36.6 Å². The SMILES string of the molecule is CC(=O)N[C@@H](CCOC(=O)c1ccc(OC(C)C)c(C#N)c1)Cc1ccc(-c2c[nH]c(C(C)(C)C)n2)cc1. The molecule has 1 heterocycles. The number of ether oxygens (including phenoxy) is 2. The van der Waals surface area contributed by atoms with Gasteiger partial charge in [-0.25, -0.2) is 9.78 Å². The van der Waals surface area contributed by atoms with Gasteiger partial charge in [-0.15, -0.1) is 0 Å². The lowest BCUT2D eigenvalue weighted by molar-refractivity contribution is -0.119. The molecule has 3 aromatic rings. The van der Waals surface area contributed by atoms with Gasteiger partial charge in [-0.2, -0.15) is 5.26 Å². The maximum Gasteiger partial charge on any atom is 0.338 e. The average Bonchev–Trinajstić information content (AvgIpc) is 3.35. The van der Waals surface area contributed by atoms with E-state index in [1.54, 1.807) is 12.1 Å². The van der Waals surface area contributed by atoms with Crippen LogP contribution in [0.3, 0.4) is 0 Å². The molecule has 3 rings (SSSR count). The summed E-state index contributed by atoms with van der Waals surface area (Å²) in [7, 11) is 0. The van der Waals surface area contributed by atoms with Gasteiger partial charge in [0.05, 0.1) is 29.5 Å². The lowest BCUT2D eigenvalue weighted by Gasteiger charge is -2.18. The van der Waals surface area contributed by atoms with Gasteiger partial charge in [0.15, 0.2) is 0 Å². The second-order valence-corrected chi connectivity index (χ2v) is 10.6. The first-order valence-electron chi connectivity index (χ1n) is 12.8. The Kier molecular flexibility index (Phi) is 9.30. The van der Waals surface area contributed by atoms with Crippen LogP contribution in [0.25, 0.3) is 11.3 Å². The molecule has 0 saturated heterocycles. The van der Waals surface area contributed by atoms with E-state index in [1.807, 2.05) is 44.3 Å². The molecule has 0 bridgehead atoms. The smallest absolute Gasteiger partial charge is 0.338 e. The largest absolute Gasteiger partial charge is 0.490 e. The van der Waals surface area contributed by atoms with Crippen LogP contribution in [0.4, 0.5) is 0 Å². The van der Waals surface area contributed by atoms with Crippen molar-refractivity contribution in [1.29, 1.82) is 5.26 Å². The number of carbonyl (C=O) groups is 2. The molecular weight excluding hydrogens is 480 g/mol. The second-order valence-electron chi connectivity index (χ2n) is 10.6. The third-order valence-electron chi connectivity index (χ3n) is 5.83. The Morgan fingerprint density at radius 2 is 1.84 bits per heavy atom. The molecule has 0 fully saturated rings. The molecule has 1 amide bonds. The second kappa shape index (κ2) is 12.4. The van der Waals surface area contributed by atoms with Gasteiger partial charge < -0.3 is 19.8 Å². The lowest BCUT2D eigenvalue weighted by Crippen LogP contribution is -2.36. The molecule has 200 valence electrons. The summed E-state index contributed by atoms with van der Waals surface area (Å²) in [5, 5.41) is 12.3. The van der Waals surface area contributed by atoms with Crippen molar-refractivity contribution in [2.45, 2.75) is 71.9 Å². The first-order valence-corrected chi connectivity index (χ1v) is 12.8. The molecule has 1 atom stereocenters. The third kappa shape index (κ3) is 7.94. The number of imidazole rings is 1. The number of amides is 1. The fraction of sp³-hybridized carbons (Fsp3) is 0.400. The molecule has 8 nitrogen and oxygen atoms in total. The van der Waals surface area contributed by atoms with E-state index in [9.17, 15) is 14.9 Å². The van der Waals surface area contributed by atoms with Gasteiger partial charge in [0.2, 0.25) is 5.91 Å². The van der Waals surface area contributed by atoms with Crippen molar-refractivity contribution >= 4 is 11.9 Å². The van der Waals surface area contributed by atoms with Crippen molar-refractivity contribution in [1.82, 2.24) is 15.3 Å². The Bertz CT molecular complexity index is 1300. The summed E-state index contributed by atoms with van der Waals surface area (Å²) in [6, 6.07) is 14.6. The van der Waals surface area contributed by atoms with Gasteiger partial charge in [0.25, 0.3) is 0 Å². The summed E-state index contributed by atoms with van der Waals surface area (Å²) < 4.78 is 11.1. The Morgan fingerprint density at radius 3 is 2.42 bits per heavy atom. The first-order chi connectivity index (χ1) is 18.0. The Morgan fingerprint density at radius 1 is 1.13 bits per heavy atom. The van der Waals surface area contributed by atoms with Crippen LogP contribution in [-0.2, 0) is 21.4 Å². The summed E-state index contributed by atoms with van der Waals surface area (Å²) in [5.41, 5.74) is 3.43. The van der Waals surface area contributed by atoms with Crippen LogP contribution in [0.15, 0.2) is 48.7 Å². The van der Waals surface area contributed by atoms with E-state index in [-0.39, 0.29) is 41.2 Å². The number of nitrogens with one attached hydrogen (secondary N) is 2. The number of rotatable bonds is 10. The van der Waals surface area contributed by atoms with Crippen molar-refractivity contribution < 1.29 is 19.1 Å². The molecule has 0 saturated carbocycles. The van der Waals surface area contributed by atoms with Gasteiger partial charge in [0.1, 0.15) is 17.6 Å². The number of nitrogens with zero attached hydrogens (tertiary/aromatic N) is 2. The van der Waals surface area contributed by atoms with Crippen LogP contribution >= 0.6 is 0 Å².